The molecule has 21 heavy (non-hydrogen) atoms. The number of hydrogen-bond donors (Lipinski definition) is 1. The van der Waals surface area contributed by atoms with Crippen LogP contribution in [0.5, 0.6) is 0 Å². The van der Waals surface area contributed by atoms with Crippen molar-refractivity contribution in [3.05, 3.63) is 75.2 Å². The number of rotatable bonds is 3. The molecule has 0 aliphatic carbocycles. The quantitative estimate of drug-likeness (QED) is 0.522. The van der Waals surface area contributed by atoms with Gasteiger partial charge in [-0.3, -0.25) is 0 Å². The molecule has 1 N–H and O–H groups in total. The molecule has 0 aliphatic heterocycles. The molecule has 0 saturated carbocycles. The predicted molar refractivity (Wildman–Crippen MR) is 97.8 cm³/mol. The van der Waals surface area contributed by atoms with Gasteiger partial charge in [-0.15, -0.1) is 0 Å². The van der Waals surface area contributed by atoms with Crippen LogP contribution in [0.2, 0.25) is 0 Å². The third kappa shape index (κ3) is 3.30. The summed E-state index contributed by atoms with van der Waals surface area (Å²) in [5.41, 5.74) is 2.37. The Bertz CT molecular complexity index is 783. The Hall–Kier alpha value is -1.32. The Morgan fingerprint density at radius 3 is 2.43 bits per heavy atom. The second-order valence-corrected chi connectivity index (χ2v) is 6.87. The standard InChI is InChI=1S/C18H15Br2N/c1-12(21-18-11-16(19)8-9-17(18)20)14-7-6-13-4-2-3-5-15(13)10-14/h2-12,21H,1H3. The van der Waals surface area contributed by atoms with E-state index in [0.29, 0.717) is 0 Å². The summed E-state index contributed by atoms with van der Waals surface area (Å²) >= 11 is 7.10. The Labute approximate surface area is 141 Å². The normalized spacial score (nSPS) is 12.3. The Morgan fingerprint density at radius 2 is 1.62 bits per heavy atom. The molecule has 0 saturated heterocycles. The van der Waals surface area contributed by atoms with Crippen LogP contribution in [0.15, 0.2) is 69.6 Å². The van der Waals surface area contributed by atoms with Crippen molar-refractivity contribution in [3.8, 4) is 0 Å². The third-order valence-electron chi connectivity index (χ3n) is 3.57. The molecule has 1 unspecified atom stereocenters. The maximum absolute atomic E-state index is 3.59. The molecule has 0 aliphatic rings. The van der Waals surface area contributed by atoms with Gasteiger partial charge in [-0.1, -0.05) is 52.3 Å². The summed E-state index contributed by atoms with van der Waals surface area (Å²) < 4.78 is 2.14. The fraction of sp³-hybridized carbons (Fsp3) is 0.111. The van der Waals surface area contributed by atoms with Crippen LogP contribution in [-0.2, 0) is 0 Å². The van der Waals surface area contributed by atoms with Crippen molar-refractivity contribution < 1.29 is 0 Å². The van der Waals surface area contributed by atoms with Crippen molar-refractivity contribution in [2.24, 2.45) is 0 Å². The molecule has 0 amide bonds. The highest BCUT2D eigenvalue weighted by atomic mass is 79.9. The zero-order valence-electron chi connectivity index (χ0n) is 11.6. The van der Waals surface area contributed by atoms with E-state index >= 15 is 0 Å². The smallest absolute Gasteiger partial charge is 0.0500 e. The Balaban J connectivity index is 1.89. The molecule has 0 fully saturated rings. The molecular weight excluding hydrogens is 390 g/mol. The largest absolute Gasteiger partial charge is 0.378 e. The van der Waals surface area contributed by atoms with Crippen molar-refractivity contribution in [3.63, 3.8) is 0 Å². The van der Waals surface area contributed by atoms with E-state index in [9.17, 15) is 0 Å². The molecule has 3 heteroatoms. The fourth-order valence-electron chi connectivity index (χ4n) is 2.40. The lowest BCUT2D eigenvalue weighted by Crippen LogP contribution is -2.07. The van der Waals surface area contributed by atoms with E-state index in [1.54, 1.807) is 0 Å². The van der Waals surface area contributed by atoms with Crippen LogP contribution in [0.25, 0.3) is 10.8 Å². The SMILES string of the molecule is CC(Nc1cc(Br)ccc1Br)c1ccc2ccccc2c1. The zero-order chi connectivity index (χ0) is 14.8. The van der Waals surface area contributed by atoms with Crippen LogP contribution in [-0.4, -0.2) is 0 Å². The van der Waals surface area contributed by atoms with Gasteiger partial charge in [0, 0.05) is 15.0 Å². The molecule has 106 valence electrons. The minimum Gasteiger partial charge on any atom is -0.378 e. The average Bonchev–Trinajstić information content (AvgIpc) is 2.50. The first-order valence-electron chi connectivity index (χ1n) is 6.84. The van der Waals surface area contributed by atoms with E-state index in [2.05, 4.69) is 92.6 Å². The van der Waals surface area contributed by atoms with Gasteiger partial charge < -0.3 is 5.32 Å². The summed E-state index contributed by atoms with van der Waals surface area (Å²) in [7, 11) is 0. The number of anilines is 1. The van der Waals surface area contributed by atoms with Crippen LogP contribution in [0, 0.1) is 0 Å². The van der Waals surface area contributed by atoms with Crippen molar-refractivity contribution in [1.29, 1.82) is 0 Å². The van der Waals surface area contributed by atoms with Crippen LogP contribution < -0.4 is 5.32 Å². The molecule has 0 heterocycles. The first kappa shape index (κ1) is 14.6. The Morgan fingerprint density at radius 1 is 0.857 bits per heavy atom. The highest BCUT2D eigenvalue weighted by molar-refractivity contribution is 9.11. The maximum Gasteiger partial charge on any atom is 0.0500 e. The van der Waals surface area contributed by atoms with Crippen molar-refractivity contribution in [2.75, 3.05) is 5.32 Å². The first-order chi connectivity index (χ1) is 10.1. The minimum atomic E-state index is 0.236. The minimum absolute atomic E-state index is 0.236. The third-order valence-corrected chi connectivity index (χ3v) is 4.76. The monoisotopic (exact) mass is 403 g/mol. The number of fused-ring (bicyclic) bond motifs is 1. The van der Waals surface area contributed by atoms with Gasteiger partial charge in [0.2, 0.25) is 0 Å². The lowest BCUT2D eigenvalue weighted by Gasteiger charge is -2.18. The van der Waals surface area contributed by atoms with Crippen LogP contribution in [0.4, 0.5) is 5.69 Å². The molecule has 0 spiro atoms. The van der Waals surface area contributed by atoms with E-state index in [4.69, 9.17) is 0 Å². The van der Waals surface area contributed by atoms with Gasteiger partial charge in [0.1, 0.15) is 0 Å². The zero-order valence-corrected chi connectivity index (χ0v) is 14.8. The summed E-state index contributed by atoms with van der Waals surface area (Å²) in [5, 5.41) is 6.11. The number of benzene rings is 3. The number of hydrogen-bond acceptors (Lipinski definition) is 1. The summed E-state index contributed by atoms with van der Waals surface area (Å²) in [6.45, 7) is 2.18. The van der Waals surface area contributed by atoms with E-state index in [1.807, 2.05) is 12.1 Å². The van der Waals surface area contributed by atoms with E-state index in [0.717, 1.165) is 14.6 Å². The fourth-order valence-corrected chi connectivity index (χ4v) is 3.12. The Kier molecular flexibility index (Phi) is 4.32. The van der Waals surface area contributed by atoms with Crippen LogP contribution in [0.3, 0.4) is 0 Å². The topological polar surface area (TPSA) is 12.0 Å². The van der Waals surface area contributed by atoms with Gasteiger partial charge in [0.25, 0.3) is 0 Å². The molecule has 1 atom stereocenters. The highest BCUT2D eigenvalue weighted by Crippen LogP contribution is 2.30. The van der Waals surface area contributed by atoms with Crippen molar-refractivity contribution in [2.45, 2.75) is 13.0 Å². The second kappa shape index (κ2) is 6.20. The molecular formula is C18H15Br2N. The molecule has 0 radical (unpaired) electrons. The van der Waals surface area contributed by atoms with Crippen LogP contribution in [0.1, 0.15) is 18.5 Å². The summed E-state index contributed by atoms with van der Waals surface area (Å²) in [6.07, 6.45) is 0. The van der Waals surface area contributed by atoms with E-state index in [1.165, 1.54) is 16.3 Å². The van der Waals surface area contributed by atoms with Gasteiger partial charge in [-0.2, -0.15) is 0 Å². The highest BCUT2D eigenvalue weighted by Gasteiger charge is 2.08. The van der Waals surface area contributed by atoms with Gasteiger partial charge >= 0.3 is 0 Å². The second-order valence-electron chi connectivity index (χ2n) is 5.10. The van der Waals surface area contributed by atoms with Crippen molar-refractivity contribution >= 4 is 48.3 Å². The molecule has 0 bridgehead atoms. The maximum atomic E-state index is 3.59. The molecule has 0 aromatic heterocycles. The molecule has 3 aromatic rings. The van der Waals surface area contributed by atoms with E-state index < -0.39 is 0 Å². The molecule has 1 nitrogen and oxygen atoms in total. The number of nitrogens with one attached hydrogen (secondary N) is 1. The first-order valence-corrected chi connectivity index (χ1v) is 8.42. The van der Waals surface area contributed by atoms with Gasteiger partial charge in [-0.05, 0) is 63.5 Å². The summed E-state index contributed by atoms with van der Waals surface area (Å²) in [6, 6.07) is 21.4. The van der Waals surface area contributed by atoms with Gasteiger partial charge in [0.15, 0.2) is 0 Å². The molecule has 3 rings (SSSR count). The lowest BCUT2D eigenvalue weighted by molar-refractivity contribution is 0.885. The van der Waals surface area contributed by atoms with Gasteiger partial charge in [-0.25, -0.2) is 0 Å². The van der Waals surface area contributed by atoms with Gasteiger partial charge in [0.05, 0.1) is 5.69 Å². The summed E-state index contributed by atoms with van der Waals surface area (Å²) in [5.74, 6) is 0. The summed E-state index contributed by atoms with van der Waals surface area (Å²) in [4.78, 5) is 0. The number of halogens is 2. The average molecular weight is 405 g/mol. The van der Waals surface area contributed by atoms with Crippen LogP contribution >= 0.6 is 31.9 Å². The lowest BCUT2D eigenvalue weighted by atomic mass is 10.0. The predicted octanol–water partition coefficient (Wildman–Crippen LogP) is 6.54. The molecule has 3 aromatic carbocycles. The van der Waals surface area contributed by atoms with E-state index in [-0.39, 0.29) is 6.04 Å². The van der Waals surface area contributed by atoms with Crippen molar-refractivity contribution in [1.82, 2.24) is 0 Å².